The van der Waals surface area contributed by atoms with E-state index in [0.29, 0.717) is 18.0 Å². The average Bonchev–Trinajstić information content (AvgIpc) is 3.28. The fourth-order valence-electron chi connectivity index (χ4n) is 3.14. The Kier molecular flexibility index (Phi) is 4.91. The molecule has 1 aromatic carbocycles. The van der Waals surface area contributed by atoms with Gasteiger partial charge in [0.2, 0.25) is 5.91 Å². The Morgan fingerprint density at radius 3 is 2.79 bits per heavy atom. The molecule has 0 fully saturated rings. The van der Waals surface area contributed by atoms with E-state index in [1.807, 2.05) is 39.0 Å². The van der Waals surface area contributed by atoms with Gasteiger partial charge in [-0.15, -0.1) is 11.3 Å². The lowest BCUT2D eigenvalue weighted by Gasteiger charge is -2.17. The van der Waals surface area contributed by atoms with Gasteiger partial charge in [0.1, 0.15) is 0 Å². The Balaban J connectivity index is 1.60. The molecule has 152 valence electrons. The van der Waals surface area contributed by atoms with Crippen molar-refractivity contribution in [1.82, 2.24) is 14.5 Å². The second kappa shape index (κ2) is 7.27. The normalized spacial score (nSPS) is 14.0. The lowest BCUT2D eigenvalue weighted by Crippen LogP contribution is -2.18. The maximum absolute atomic E-state index is 12.7. The molecule has 4 rings (SSSR count). The van der Waals surface area contributed by atoms with Gasteiger partial charge in [-0.05, 0) is 44.9 Å². The van der Waals surface area contributed by atoms with Crippen LogP contribution < -0.4 is 10.0 Å². The molecule has 2 aromatic heterocycles. The zero-order valence-corrected chi connectivity index (χ0v) is 17.9. The van der Waals surface area contributed by atoms with Crippen LogP contribution in [0.1, 0.15) is 36.8 Å². The summed E-state index contributed by atoms with van der Waals surface area (Å²) in [6.07, 6.45) is 4.15. The van der Waals surface area contributed by atoms with Gasteiger partial charge in [-0.25, -0.2) is 9.97 Å². The molecular weight excluding hydrogens is 410 g/mol. The molecule has 0 bridgehead atoms. The number of anilines is 2. The number of benzene rings is 1. The number of rotatable bonds is 5. The van der Waals surface area contributed by atoms with E-state index >= 15 is 0 Å². The highest BCUT2D eigenvalue weighted by molar-refractivity contribution is 7.92. The summed E-state index contributed by atoms with van der Waals surface area (Å²) < 4.78 is 29.6. The maximum atomic E-state index is 12.7. The average molecular weight is 432 g/mol. The minimum Gasteiger partial charge on any atom is -0.334 e. The van der Waals surface area contributed by atoms with Crippen LogP contribution in [0.25, 0.3) is 11.3 Å². The maximum Gasteiger partial charge on any atom is 0.282 e. The molecule has 1 amide bonds. The van der Waals surface area contributed by atoms with Crippen molar-refractivity contribution < 1.29 is 13.2 Å². The zero-order valence-electron chi connectivity index (χ0n) is 16.3. The molecule has 0 aliphatic carbocycles. The first-order chi connectivity index (χ1) is 13.7. The molecule has 10 heteroatoms. The van der Waals surface area contributed by atoms with E-state index in [9.17, 15) is 13.2 Å². The summed E-state index contributed by atoms with van der Waals surface area (Å²) in [5.74, 6) is 0.0201. The SMILES string of the molecule is Cc1sc(NS(=O)(=O)c2cn(C(C)C)cn2)nc1-c1ccc2c(c1)CCC(=O)N2. The largest absolute Gasteiger partial charge is 0.334 e. The summed E-state index contributed by atoms with van der Waals surface area (Å²) >= 11 is 1.28. The molecule has 0 saturated carbocycles. The molecule has 0 unspecified atom stereocenters. The van der Waals surface area contributed by atoms with Crippen LogP contribution in [-0.4, -0.2) is 28.9 Å². The molecule has 1 aliphatic heterocycles. The van der Waals surface area contributed by atoms with Crippen LogP contribution in [0.15, 0.2) is 35.7 Å². The second-order valence-corrected chi connectivity index (χ2v) is 10.0. The molecule has 3 heterocycles. The fraction of sp³-hybridized carbons (Fsp3) is 0.316. The summed E-state index contributed by atoms with van der Waals surface area (Å²) in [7, 11) is -3.81. The van der Waals surface area contributed by atoms with Gasteiger partial charge in [0.15, 0.2) is 10.2 Å². The molecule has 0 atom stereocenters. The number of amides is 1. The fourth-order valence-corrected chi connectivity index (χ4v) is 5.15. The van der Waals surface area contributed by atoms with Gasteiger partial charge in [-0.1, -0.05) is 6.07 Å². The summed E-state index contributed by atoms with van der Waals surface area (Å²) in [4.78, 5) is 20.9. The molecule has 8 nitrogen and oxygen atoms in total. The van der Waals surface area contributed by atoms with E-state index in [4.69, 9.17) is 0 Å². The van der Waals surface area contributed by atoms with Crippen molar-refractivity contribution in [1.29, 1.82) is 0 Å². The summed E-state index contributed by atoms with van der Waals surface area (Å²) in [6, 6.07) is 5.87. The first kappa shape index (κ1) is 19.6. The zero-order chi connectivity index (χ0) is 20.8. The minimum absolute atomic E-state index is 0.0201. The van der Waals surface area contributed by atoms with Gasteiger partial charge < -0.3 is 9.88 Å². The Labute approximate surface area is 173 Å². The molecule has 2 N–H and O–H groups in total. The molecule has 0 spiro atoms. The molecule has 29 heavy (non-hydrogen) atoms. The van der Waals surface area contributed by atoms with Crippen molar-refractivity contribution >= 4 is 38.1 Å². The first-order valence-corrected chi connectivity index (χ1v) is 11.5. The molecule has 0 radical (unpaired) electrons. The number of fused-ring (bicyclic) bond motifs is 1. The number of aromatic nitrogens is 3. The number of nitrogens with one attached hydrogen (secondary N) is 2. The van der Waals surface area contributed by atoms with Crippen molar-refractivity contribution in [2.24, 2.45) is 0 Å². The molecule has 0 saturated heterocycles. The van der Waals surface area contributed by atoms with Crippen molar-refractivity contribution in [2.75, 3.05) is 10.0 Å². The summed E-state index contributed by atoms with van der Waals surface area (Å²) in [5.41, 5.74) is 3.48. The highest BCUT2D eigenvalue weighted by atomic mass is 32.2. The lowest BCUT2D eigenvalue weighted by molar-refractivity contribution is -0.116. The predicted molar refractivity (Wildman–Crippen MR) is 113 cm³/mol. The van der Waals surface area contributed by atoms with E-state index in [1.165, 1.54) is 23.9 Å². The van der Waals surface area contributed by atoms with E-state index in [1.54, 1.807) is 4.57 Å². The third-order valence-corrected chi connectivity index (χ3v) is 6.98. The van der Waals surface area contributed by atoms with Gasteiger partial charge in [0, 0.05) is 34.8 Å². The van der Waals surface area contributed by atoms with E-state index in [0.717, 1.165) is 27.4 Å². The van der Waals surface area contributed by atoms with Crippen LogP contribution in [0.2, 0.25) is 0 Å². The minimum atomic E-state index is -3.81. The Morgan fingerprint density at radius 1 is 1.28 bits per heavy atom. The van der Waals surface area contributed by atoms with Gasteiger partial charge >= 0.3 is 0 Å². The lowest BCUT2D eigenvalue weighted by atomic mass is 9.99. The van der Waals surface area contributed by atoms with Crippen molar-refractivity contribution in [2.45, 2.75) is 44.7 Å². The molecule has 1 aliphatic rings. The van der Waals surface area contributed by atoms with Gasteiger partial charge in [0.25, 0.3) is 10.0 Å². The number of sulfonamides is 1. The summed E-state index contributed by atoms with van der Waals surface area (Å²) in [5, 5.41) is 3.12. The Hall–Kier alpha value is -2.72. The smallest absolute Gasteiger partial charge is 0.282 e. The van der Waals surface area contributed by atoms with Crippen LogP contribution in [0.5, 0.6) is 0 Å². The number of nitrogens with zero attached hydrogens (tertiary/aromatic N) is 3. The quantitative estimate of drug-likeness (QED) is 0.642. The van der Waals surface area contributed by atoms with Crippen LogP contribution in [-0.2, 0) is 21.2 Å². The van der Waals surface area contributed by atoms with E-state index in [-0.39, 0.29) is 17.0 Å². The van der Waals surface area contributed by atoms with Crippen molar-refractivity contribution in [3.05, 3.63) is 41.2 Å². The Bertz CT molecular complexity index is 1190. The van der Waals surface area contributed by atoms with Crippen LogP contribution in [0.4, 0.5) is 10.8 Å². The van der Waals surface area contributed by atoms with Gasteiger partial charge in [0.05, 0.1) is 12.0 Å². The standard InChI is InChI=1S/C19H21N5O3S2/c1-11(2)24-9-17(20-10-24)29(26,27)23-19-22-18(12(3)28-19)14-4-6-15-13(8-14)5-7-16(25)21-15/h4,6,8-11H,5,7H2,1-3H3,(H,21,25)(H,22,23). The topological polar surface area (TPSA) is 106 Å². The van der Waals surface area contributed by atoms with Crippen LogP contribution >= 0.6 is 11.3 Å². The number of carbonyl (C=O) groups excluding carboxylic acids is 1. The highest BCUT2D eigenvalue weighted by Crippen LogP contribution is 2.34. The highest BCUT2D eigenvalue weighted by Gasteiger charge is 2.22. The Morgan fingerprint density at radius 2 is 2.07 bits per heavy atom. The molecular formula is C19H21N5O3S2. The third kappa shape index (κ3) is 3.90. The predicted octanol–water partition coefficient (Wildman–Crippen LogP) is 3.58. The number of hydrogen-bond acceptors (Lipinski definition) is 6. The number of aryl methyl sites for hydroxylation is 2. The van der Waals surface area contributed by atoms with Crippen LogP contribution in [0.3, 0.4) is 0 Å². The van der Waals surface area contributed by atoms with Crippen molar-refractivity contribution in [3.63, 3.8) is 0 Å². The van der Waals surface area contributed by atoms with Gasteiger partial charge in [-0.2, -0.15) is 8.42 Å². The molecule has 3 aromatic rings. The van der Waals surface area contributed by atoms with E-state index < -0.39 is 10.0 Å². The van der Waals surface area contributed by atoms with Crippen molar-refractivity contribution in [3.8, 4) is 11.3 Å². The third-order valence-electron chi connectivity index (χ3n) is 4.74. The summed E-state index contributed by atoms with van der Waals surface area (Å²) in [6.45, 7) is 5.80. The number of hydrogen-bond donors (Lipinski definition) is 2. The number of carbonyl (C=O) groups is 1. The number of thiazole rings is 1. The number of imidazole rings is 1. The monoisotopic (exact) mass is 431 g/mol. The first-order valence-electron chi connectivity index (χ1n) is 9.20. The van der Waals surface area contributed by atoms with Crippen LogP contribution in [0, 0.1) is 6.92 Å². The van der Waals surface area contributed by atoms with Gasteiger partial charge in [-0.3, -0.25) is 9.52 Å². The van der Waals surface area contributed by atoms with E-state index in [2.05, 4.69) is 20.0 Å². The second-order valence-electron chi connectivity index (χ2n) is 7.20.